The van der Waals surface area contributed by atoms with E-state index >= 15 is 0 Å². The Morgan fingerprint density at radius 3 is 2.78 bits per heavy atom. The van der Waals surface area contributed by atoms with Crippen LogP contribution >= 0.6 is 11.6 Å². The van der Waals surface area contributed by atoms with Crippen molar-refractivity contribution in [2.24, 2.45) is 0 Å². The van der Waals surface area contributed by atoms with Gasteiger partial charge in [-0.3, -0.25) is 0 Å². The average molecular weight is 273 g/mol. The van der Waals surface area contributed by atoms with Crippen molar-refractivity contribution in [3.05, 3.63) is 29.0 Å². The first-order valence-electron chi connectivity index (χ1n) is 6.24. The van der Waals surface area contributed by atoms with Crippen LogP contribution < -0.4 is 5.32 Å². The highest BCUT2D eigenvalue weighted by Crippen LogP contribution is 2.19. The standard InChI is InChI=1S/C13H18ClFN2O/c14-12-7-10(3-4-13(12)15)16-8-11(18)9-17-5-1-2-6-17/h3-4,7,11,16,18H,1-2,5-6,8-9H2. The Bertz CT molecular complexity index is 397. The van der Waals surface area contributed by atoms with Crippen LogP contribution in [0.25, 0.3) is 0 Å². The Morgan fingerprint density at radius 1 is 1.39 bits per heavy atom. The van der Waals surface area contributed by atoms with Crippen LogP contribution in [-0.2, 0) is 0 Å². The van der Waals surface area contributed by atoms with Crippen LogP contribution in [-0.4, -0.2) is 42.3 Å². The summed E-state index contributed by atoms with van der Waals surface area (Å²) in [7, 11) is 0. The van der Waals surface area contributed by atoms with Crippen molar-refractivity contribution >= 4 is 17.3 Å². The topological polar surface area (TPSA) is 35.5 Å². The van der Waals surface area contributed by atoms with Gasteiger partial charge in [0.25, 0.3) is 0 Å². The Balaban J connectivity index is 1.77. The highest BCUT2D eigenvalue weighted by atomic mass is 35.5. The molecule has 2 rings (SSSR count). The molecule has 100 valence electrons. The SMILES string of the molecule is OC(CNc1ccc(F)c(Cl)c1)CN1CCCC1. The van der Waals surface area contributed by atoms with Gasteiger partial charge in [0, 0.05) is 18.8 Å². The maximum Gasteiger partial charge on any atom is 0.141 e. The molecule has 0 amide bonds. The molecule has 1 aromatic carbocycles. The Morgan fingerprint density at radius 2 is 2.11 bits per heavy atom. The monoisotopic (exact) mass is 272 g/mol. The number of β-amino-alcohol motifs (C(OH)–C–C–N with tert-alkyl or cyclic N) is 1. The van der Waals surface area contributed by atoms with Gasteiger partial charge in [-0.25, -0.2) is 4.39 Å². The van der Waals surface area contributed by atoms with E-state index in [9.17, 15) is 9.50 Å². The van der Waals surface area contributed by atoms with E-state index < -0.39 is 11.9 Å². The highest BCUT2D eigenvalue weighted by Gasteiger charge is 2.15. The fourth-order valence-electron chi connectivity index (χ4n) is 2.17. The van der Waals surface area contributed by atoms with Gasteiger partial charge in [0.2, 0.25) is 0 Å². The number of halogens is 2. The smallest absolute Gasteiger partial charge is 0.141 e. The molecular formula is C13H18ClFN2O. The summed E-state index contributed by atoms with van der Waals surface area (Å²) in [6.07, 6.45) is 2.01. The summed E-state index contributed by atoms with van der Waals surface area (Å²) >= 11 is 5.68. The zero-order chi connectivity index (χ0) is 13.0. The molecule has 1 aromatic rings. The molecule has 0 saturated carbocycles. The fourth-order valence-corrected chi connectivity index (χ4v) is 2.35. The van der Waals surface area contributed by atoms with Crippen LogP contribution in [0.5, 0.6) is 0 Å². The quantitative estimate of drug-likeness (QED) is 0.864. The second kappa shape index (κ2) is 6.36. The van der Waals surface area contributed by atoms with Crippen molar-refractivity contribution in [1.29, 1.82) is 0 Å². The average Bonchev–Trinajstić information content (AvgIpc) is 2.83. The fraction of sp³-hybridized carbons (Fsp3) is 0.538. The number of aliphatic hydroxyl groups is 1. The number of rotatable bonds is 5. The lowest BCUT2D eigenvalue weighted by atomic mass is 10.2. The number of aliphatic hydroxyl groups excluding tert-OH is 1. The van der Waals surface area contributed by atoms with E-state index in [-0.39, 0.29) is 5.02 Å². The summed E-state index contributed by atoms with van der Waals surface area (Å²) in [6, 6.07) is 4.46. The van der Waals surface area contributed by atoms with E-state index in [0.717, 1.165) is 18.8 Å². The molecule has 0 aliphatic carbocycles. The summed E-state index contributed by atoms with van der Waals surface area (Å²) in [5.41, 5.74) is 0.724. The minimum Gasteiger partial charge on any atom is -0.390 e. The van der Waals surface area contributed by atoms with E-state index in [2.05, 4.69) is 10.2 Å². The molecule has 1 saturated heterocycles. The van der Waals surface area contributed by atoms with Gasteiger partial charge < -0.3 is 15.3 Å². The summed E-state index contributed by atoms with van der Waals surface area (Å²) in [4.78, 5) is 2.25. The highest BCUT2D eigenvalue weighted by molar-refractivity contribution is 6.31. The number of nitrogens with one attached hydrogen (secondary N) is 1. The first-order chi connectivity index (χ1) is 8.65. The Kier molecular flexibility index (Phi) is 4.80. The molecule has 0 bridgehead atoms. The van der Waals surface area contributed by atoms with Crippen LogP contribution in [0.2, 0.25) is 5.02 Å². The predicted molar refractivity (Wildman–Crippen MR) is 71.6 cm³/mol. The van der Waals surface area contributed by atoms with Crippen molar-refractivity contribution in [2.75, 3.05) is 31.5 Å². The summed E-state index contributed by atoms with van der Waals surface area (Å²) in [5, 5.41) is 13.0. The second-order valence-electron chi connectivity index (χ2n) is 4.67. The molecule has 1 aliphatic heterocycles. The zero-order valence-electron chi connectivity index (χ0n) is 10.2. The molecule has 1 atom stereocenters. The molecule has 1 fully saturated rings. The molecule has 3 nitrogen and oxygen atoms in total. The number of hydrogen-bond donors (Lipinski definition) is 2. The number of likely N-dealkylation sites (tertiary alicyclic amines) is 1. The third-order valence-electron chi connectivity index (χ3n) is 3.13. The third-order valence-corrected chi connectivity index (χ3v) is 3.42. The Labute approximate surface area is 112 Å². The molecule has 1 aliphatic rings. The predicted octanol–water partition coefficient (Wildman–Crippen LogP) is 2.35. The molecule has 1 unspecified atom stereocenters. The number of nitrogens with zero attached hydrogens (tertiary/aromatic N) is 1. The molecule has 0 radical (unpaired) electrons. The van der Waals surface area contributed by atoms with E-state index in [0.29, 0.717) is 13.1 Å². The first kappa shape index (κ1) is 13.6. The van der Waals surface area contributed by atoms with Crippen molar-refractivity contribution in [3.8, 4) is 0 Å². The van der Waals surface area contributed by atoms with Gasteiger partial charge in [-0.1, -0.05) is 11.6 Å². The van der Waals surface area contributed by atoms with E-state index in [4.69, 9.17) is 11.6 Å². The molecule has 2 N–H and O–H groups in total. The molecule has 1 heterocycles. The normalized spacial score (nSPS) is 17.9. The van der Waals surface area contributed by atoms with Crippen molar-refractivity contribution < 1.29 is 9.50 Å². The summed E-state index contributed by atoms with van der Waals surface area (Å²) in [5.74, 6) is -0.431. The second-order valence-corrected chi connectivity index (χ2v) is 5.08. The van der Waals surface area contributed by atoms with E-state index in [1.165, 1.54) is 25.0 Å². The first-order valence-corrected chi connectivity index (χ1v) is 6.62. The van der Waals surface area contributed by atoms with Crippen LogP contribution in [0.3, 0.4) is 0 Å². The lowest BCUT2D eigenvalue weighted by molar-refractivity contribution is 0.135. The minimum atomic E-state index is -0.431. The molecule has 5 heteroatoms. The summed E-state index contributed by atoms with van der Waals surface area (Å²) in [6.45, 7) is 3.26. The van der Waals surface area contributed by atoms with Gasteiger partial charge in [0.1, 0.15) is 5.82 Å². The van der Waals surface area contributed by atoms with Crippen LogP contribution in [0.4, 0.5) is 10.1 Å². The molecule has 0 spiro atoms. The third kappa shape index (κ3) is 3.83. The maximum atomic E-state index is 13.0. The molecule has 0 aromatic heterocycles. The van der Waals surface area contributed by atoms with E-state index in [1.54, 1.807) is 6.07 Å². The number of benzene rings is 1. The van der Waals surface area contributed by atoms with E-state index in [1.807, 2.05) is 0 Å². The van der Waals surface area contributed by atoms with Gasteiger partial charge in [-0.2, -0.15) is 0 Å². The lowest BCUT2D eigenvalue weighted by Crippen LogP contribution is -2.34. The van der Waals surface area contributed by atoms with Gasteiger partial charge in [0.15, 0.2) is 0 Å². The van der Waals surface area contributed by atoms with Crippen LogP contribution in [0, 0.1) is 5.82 Å². The van der Waals surface area contributed by atoms with Gasteiger partial charge in [0.05, 0.1) is 11.1 Å². The number of hydrogen-bond acceptors (Lipinski definition) is 3. The van der Waals surface area contributed by atoms with Crippen LogP contribution in [0.1, 0.15) is 12.8 Å². The van der Waals surface area contributed by atoms with Crippen molar-refractivity contribution in [1.82, 2.24) is 4.90 Å². The van der Waals surface area contributed by atoms with Crippen LogP contribution in [0.15, 0.2) is 18.2 Å². The van der Waals surface area contributed by atoms with Gasteiger partial charge in [-0.05, 0) is 44.1 Å². The lowest BCUT2D eigenvalue weighted by Gasteiger charge is -2.20. The van der Waals surface area contributed by atoms with Crippen molar-refractivity contribution in [2.45, 2.75) is 18.9 Å². The molecular weight excluding hydrogens is 255 g/mol. The Hall–Kier alpha value is -0.840. The number of anilines is 1. The summed E-state index contributed by atoms with van der Waals surface area (Å²) < 4.78 is 13.0. The molecule has 18 heavy (non-hydrogen) atoms. The zero-order valence-corrected chi connectivity index (χ0v) is 11.0. The minimum absolute atomic E-state index is 0.0917. The maximum absolute atomic E-state index is 13.0. The van der Waals surface area contributed by atoms with Crippen molar-refractivity contribution in [3.63, 3.8) is 0 Å². The van der Waals surface area contributed by atoms with Gasteiger partial charge >= 0.3 is 0 Å². The van der Waals surface area contributed by atoms with Gasteiger partial charge in [-0.15, -0.1) is 0 Å². The largest absolute Gasteiger partial charge is 0.390 e.